The second-order valence-electron chi connectivity index (χ2n) is 5.79. The number of amides is 1. The van der Waals surface area contributed by atoms with E-state index >= 15 is 0 Å². The molecular formula is C16H24N2O3S. The zero-order valence-electron chi connectivity index (χ0n) is 13.2. The van der Waals surface area contributed by atoms with E-state index in [0.717, 1.165) is 12.0 Å². The van der Waals surface area contributed by atoms with E-state index in [1.165, 1.54) is 9.87 Å². The van der Waals surface area contributed by atoms with Crippen molar-refractivity contribution in [1.82, 2.24) is 9.62 Å². The molecule has 1 unspecified atom stereocenters. The Morgan fingerprint density at radius 3 is 2.64 bits per heavy atom. The van der Waals surface area contributed by atoms with Gasteiger partial charge in [-0.2, -0.15) is 4.31 Å². The highest BCUT2D eigenvalue weighted by Gasteiger charge is 2.37. The molecule has 5 nitrogen and oxygen atoms in total. The second-order valence-corrected chi connectivity index (χ2v) is 7.83. The fourth-order valence-corrected chi connectivity index (χ4v) is 4.47. The van der Waals surface area contributed by atoms with E-state index in [2.05, 4.69) is 5.32 Å². The summed E-state index contributed by atoms with van der Waals surface area (Å²) < 4.78 is 25.8. The molecule has 1 heterocycles. The SMILES string of the molecule is CCCS(=O)(=O)N1CCCC1C(=O)NCc1ccc(C)cc1. The smallest absolute Gasteiger partial charge is 0.238 e. The van der Waals surface area contributed by atoms with Crippen LogP contribution in [0, 0.1) is 6.92 Å². The first kappa shape index (κ1) is 17.0. The fourth-order valence-electron chi connectivity index (χ4n) is 2.72. The highest BCUT2D eigenvalue weighted by Crippen LogP contribution is 2.22. The minimum Gasteiger partial charge on any atom is -0.351 e. The van der Waals surface area contributed by atoms with E-state index in [4.69, 9.17) is 0 Å². The van der Waals surface area contributed by atoms with Crippen LogP contribution in [0.1, 0.15) is 37.3 Å². The summed E-state index contributed by atoms with van der Waals surface area (Å²) in [5.41, 5.74) is 2.18. The molecule has 0 spiro atoms. The maximum atomic E-state index is 12.3. The van der Waals surface area contributed by atoms with Crippen LogP contribution in [0.5, 0.6) is 0 Å². The molecule has 2 rings (SSSR count). The summed E-state index contributed by atoms with van der Waals surface area (Å²) in [6.45, 7) is 4.72. The van der Waals surface area contributed by atoms with Gasteiger partial charge in [0.2, 0.25) is 15.9 Å². The highest BCUT2D eigenvalue weighted by atomic mass is 32.2. The monoisotopic (exact) mass is 324 g/mol. The van der Waals surface area contributed by atoms with Crippen molar-refractivity contribution in [2.75, 3.05) is 12.3 Å². The standard InChI is InChI=1S/C16H24N2O3S/c1-3-11-22(20,21)18-10-4-5-15(18)16(19)17-12-14-8-6-13(2)7-9-14/h6-9,15H,3-5,10-12H2,1-2H3,(H,17,19). The summed E-state index contributed by atoms with van der Waals surface area (Å²) >= 11 is 0. The number of nitrogens with one attached hydrogen (secondary N) is 1. The quantitative estimate of drug-likeness (QED) is 0.868. The van der Waals surface area contributed by atoms with Crippen molar-refractivity contribution < 1.29 is 13.2 Å². The molecule has 1 amide bonds. The first-order valence-corrected chi connectivity index (χ1v) is 9.37. The van der Waals surface area contributed by atoms with E-state index in [-0.39, 0.29) is 11.7 Å². The number of sulfonamides is 1. The van der Waals surface area contributed by atoms with Gasteiger partial charge in [0, 0.05) is 13.1 Å². The van der Waals surface area contributed by atoms with Crippen LogP contribution in [-0.4, -0.2) is 37.0 Å². The Morgan fingerprint density at radius 2 is 2.00 bits per heavy atom. The minimum absolute atomic E-state index is 0.106. The summed E-state index contributed by atoms with van der Waals surface area (Å²) in [5, 5.41) is 2.86. The van der Waals surface area contributed by atoms with Gasteiger partial charge in [-0.25, -0.2) is 8.42 Å². The first-order valence-electron chi connectivity index (χ1n) is 7.77. The molecular weight excluding hydrogens is 300 g/mol. The van der Waals surface area contributed by atoms with Crippen LogP contribution in [0.3, 0.4) is 0 Å². The lowest BCUT2D eigenvalue weighted by molar-refractivity contribution is -0.124. The molecule has 1 aromatic rings. The number of nitrogens with zero attached hydrogens (tertiary/aromatic N) is 1. The van der Waals surface area contributed by atoms with Gasteiger partial charge in [0.05, 0.1) is 5.75 Å². The zero-order chi connectivity index (χ0) is 16.2. The third kappa shape index (κ3) is 4.08. The predicted molar refractivity (Wildman–Crippen MR) is 86.8 cm³/mol. The van der Waals surface area contributed by atoms with Gasteiger partial charge < -0.3 is 5.32 Å². The molecule has 1 saturated heterocycles. The van der Waals surface area contributed by atoms with Crippen LogP contribution < -0.4 is 5.32 Å². The molecule has 0 saturated carbocycles. The summed E-state index contributed by atoms with van der Waals surface area (Å²) in [6, 6.07) is 7.37. The second kappa shape index (κ2) is 7.24. The molecule has 1 aliphatic heterocycles. The fraction of sp³-hybridized carbons (Fsp3) is 0.562. The zero-order valence-corrected chi connectivity index (χ0v) is 14.0. The van der Waals surface area contributed by atoms with Gasteiger partial charge in [0.15, 0.2) is 0 Å². The van der Waals surface area contributed by atoms with Gasteiger partial charge in [-0.3, -0.25) is 4.79 Å². The van der Waals surface area contributed by atoms with Crippen molar-refractivity contribution in [2.24, 2.45) is 0 Å². The van der Waals surface area contributed by atoms with Crippen molar-refractivity contribution >= 4 is 15.9 Å². The molecule has 0 aliphatic carbocycles. The van der Waals surface area contributed by atoms with Crippen LogP contribution in [0.25, 0.3) is 0 Å². The van der Waals surface area contributed by atoms with Crippen molar-refractivity contribution in [2.45, 2.75) is 45.7 Å². The summed E-state index contributed by atoms with van der Waals surface area (Å²) in [7, 11) is -3.32. The van der Waals surface area contributed by atoms with E-state index < -0.39 is 16.1 Å². The Labute approximate surface area is 132 Å². The Bertz CT molecular complexity index is 611. The number of rotatable bonds is 6. The lowest BCUT2D eigenvalue weighted by atomic mass is 10.1. The molecule has 1 N–H and O–H groups in total. The van der Waals surface area contributed by atoms with Crippen molar-refractivity contribution in [1.29, 1.82) is 0 Å². The van der Waals surface area contributed by atoms with Crippen LogP contribution in [-0.2, 0) is 21.4 Å². The lowest BCUT2D eigenvalue weighted by Gasteiger charge is -2.23. The molecule has 0 aromatic heterocycles. The first-order chi connectivity index (χ1) is 10.4. The van der Waals surface area contributed by atoms with Gasteiger partial charge >= 0.3 is 0 Å². The Hall–Kier alpha value is -1.40. The third-order valence-electron chi connectivity index (χ3n) is 3.91. The average Bonchev–Trinajstić information content (AvgIpc) is 2.97. The molecule has 1 aromatic carbocycles. The molecule has 1 aliphatic rings. The number of hydrogen-bond donors (Lipinski definition) is 1. The number of carbonyl (C=O) groups is 1. The molecule has 22 heavy (non-hydrogen) atoms. The minimum atomic E-state index is -3.32. The predicted octanol–water partition coefficient (Wildman–Crippen LogP) is 1.82. The Kier molecular flexibility index (Phi) is 5.58. The summed E-state index contributed by atoms with van der Waals surface area (Å²) in [6.07, 6.45) is 1.91. The van der Waals surface area contributed by atoms with Gasteiger partial charge in [-0.15, -0.1) is 0 Å². The Balaban J connectivity index is 1.97. The average molecular weight is 324 g/mol. The van der Waals surface area contributed by atoms with Crippen LogP contribution >= 0.6 is 0 Å². The van der Waals surface area contributed by atoms with Crippen molar-refractivity contribution in [3.8, 4) is 0 Å². The lowest BCUT2D eigenvalue weighted by Crippen LogP contribution is -2.46. The maximum Gasteiger partial charge on any atom is 0.238 e. The molecule has 1 fully saturated rings. The molecule has 6 heteroatoms. The molecule has 0 radical (unpaired) electrons. The number of hydrogen-bond acceptors (Lipinski definition) is 3. The maximum absolute atomic E-state index is 12.3. The largest absolute Gasteiger partial charge is 0.351 e. The van der Waals surface area contributed by atoms with Crippen LogP contribution in [0.15, 0.2) is 24.3 Å². The topological polar surface area (TPSA) is 66.5 Å². The van der Waals surface area contributed by atoms with E-state index in [1.54, 1.807) is 0 Å². The third-order valence-corrected chi connectivity index (χ3v) is 5.99. The summed E-state index contributed by atoms with van der Waals surface area (Å²) in [4.78, 5) is 12.3. The van der Waals surface area contributed by atoms with Crippen LogP contribution in [0.4, 0.5) is 0 Å². The molecule has 122 valence electrons. The van der Waals surface area contributed by atoms with E-state index in [1.807, 2.05) is 38.1 Å². The van der Waals surface area contributed by atoms with E-state index in [0.29, 0.717) is 25.9 Å². The van der Waals surface area contributed by atoms with Crippen molar-refractivity contribution in [3.63, 3.8) is 0 Å². The molecule has 1 atom stereocenters. The number of carbonyl (C=O) groups excluding carboxylic acids is 1. The Morgan fingerprint density at radius 1 is 1.32 bits per heavy atom. The number of aryl methyl sites for hydroxylation is 1. The van der Waals surface area contributed by atoms with Gasteiger partial charge in [0.25, 0.3) is 0 Å². The van der Waals surface area contributed by atoms with Crippen molar-refractivity contribution in [3.05, 3.63) is 35.4 Å². The van der Waals surface area contributed by atoms with Crippen LogP contribution in [0.2, 0.25) is 0 Å². The van der Waals surface area contributed by atoms with Gasteiger partial charge in [0.1, 0.15) is 6.04 Å². The van der Waals surface area contributed by atoms with Gasteiger partial charge in [-0.1, -0.05) is 36.8 Å². The van der Waals surface area contributed by atoms with E-state index in [9.17, 15) is 13.2 Å². The summed E-state index contributed by atoms with van der Waals surface area (Å²) in [5.74, 6) is -0.0906. The highest BCUT2D eigenvalue weighted by molar-refractivity contribution is 7.89. The number of benzene rings is 1. The molecule has 0 bridgehead atoms. The normalized spacial score (nSPS) is 19.3. The van der Waals surface area contributed by atoms with Gasteiger partial charge in [-0.05, 0) is 31.7 Å².